The molecule has 0 spiro atoms. The Kier molecular flexibility index (Phi) is 7.90. The fraction of sp³-hybridized carbons (Fsp3) is 0.261. The lowest BCUT2D eigenvalue weighted by atomic mass is 10.1. The van der Waals surface area contributed by atoms with Crippen molar-refractivity contribution in [3.05, 3.63) is 66.0 Å². The number of hydrogen-bond donors (Lipinski definition) is 3. The van der Waals surface area contributed by atoms with E-state index < -0.39 is 24.4 Å². The summed E-state index contributed by atoms with van der Waals surface area (Å²) in [5.74, 6) is -0.598. The summed E-state index contributed by atoms with van der Waals surface area (Å²) in [6.45, 7) is 2.07. The predicted octanol–water partition coefficient (Wildman–Crippen LogP) is 5.10. The third kappa shape index (κ3) is 6.89. The molecular formula is C23H23ClF3N5O3. The number of allylic oxidation sites excluding steroid dienone is 1. The van der Waals surface area contributed by atoms with Gasteiger partial charge in [0.05, 0.1) is 6.04 Å². The van der Waals surface area contributed by atoms with E-state index in [4.69, 9.17) is 22.4 Å². The van der Waals surface area contributed by atoms with Crippen LogP contribution in [0.3, 0.4) is 0 Å². The molecule has 2 unspecified atom stereocenters. The van der Waals surface area contributed by atoms with Crippen molar-refractivity contribution in [2.75, 3.05) is 12.3 Å². The van der Waals surface area contributed by atoms with Crippen LogP contribution in [0.4, 0.5) is 19.0 Å². The predicted molar refractivity (Wildman–Crippen MR) is 127 cm³/mol. The number of ether oxygens (including phenoxy) is 1. The van der Waals surface area contributed by atoms with E-state index in [1.165, 1.54) is 23.7 Å². The number of aromatic amines is 1. The van der Waals surface area contributed by atoms with Crippen LogP contribution in [0.5, 0.6) is 5.88 Å². The van der Waals surface area contributed by atoms with Gasteiger partial charge in [-0.15, -0.1) is 0 Å². The number of benzene rings is 1. The Hall–Kier alpha value is -3.73. The lowest BCUT2D eigenvalue weighted by molar-refractivity contribution is -0.154. The van der Waals surface area contributed by atoms with Crippen molar-refractivity contribution in [3.8, 4) is 5.88 Å². The zero-order valence-electron chi connectivity index (χ0n) is 18.8. The first-order valence-electron chi connectivity index (χ1n) is 10.3. The third-order valence-electron chi connectivity index (χ3n) is 5.04. The monoisotopic (exact) mass is 509 g/mol. The quantitative estimate of drug-likeness (QED) is 0.325. The summed E-state index contributed by atoms with van der Waals surface area (Å²) in [5.41, 5.74) is 6.82. The number of carboxylic acid groups (broad SMARTS) is 1. The molecular weight excluding hydrogens is 487 g/mol. The highest BCUT2D eigenvalue weighted by Gasteiger charge is 2.30. The molecule has 35 heavy (non-hydrogen) atoms. The number of anilines is 1. The molecule has 0 bridgehead atoms. The molecule has 12 heteroatoms. The van der Waals surface area contributed by atoms with Crippen molar-refractivity contribution in [2.45, 2.75) is 31.7 Å². The van der Waals surface area contributed by atoms with Crippen molar-refractivity contribution in [3.63, 3.8) is 0 Å². The molecule has 0 aliphatic carbocycles. The fourth-order valence-electron chi connectivity index (χ4n) is 3.40. The number of nitrogens with two attached hydrogens (primary N) is 1. The van der Waals surface area contributed by atoms with Gasteiger partial charge in [-0.05, 0) is 37.6 Å². The van der Waals surface area contributed by atoms with Crippen LogP contribution in [0.1, 0.15) is 25.5 Å². The number of H-pyrrole nitrogens is 1. The highest BCUT2D eigenvalue weighted by Crippen LogP contribution is 2.31. The number of halogens is 4. The molecule has 4 N–H and O–H groups in total. The van der Waals surface area contributed by atoms with Gasteiger partial charge in [0.2, 0.25) is 5.88 Å². The number of aliphatic carboxylic acids is 1. The number of nitrogen functional groups attached to an aromatic ring is 1. The SMILES string of the molecule is CC1=CC(C(=O)O)=NC(Cl)N1C(C)c1ccc(OCC(F)(F)F)nc1.Nc1cc2ccccc2[nH]1. The number of rotatable bonds is 5. The second kappa shape index (κ2) is 10.7. The molecule has 2 atom stereocenters. The van der Waals surface area contributed by atoms with E-state index in [1.54, 1.807) is 24.8 Å². The van der Waals surface area contributed by atoms with Crippen LogP contribution >= 0.6 is 11.6 Å². The summed E-state index contributed by atoms with van der Waals surface area (Å²) in [6.07, 6.45) is -1.66. The normalized spacial score (nSPS) is 16.6. The number of fused-ring (bicyclic) bond motifs is 1. The minimum absolute atomic E-state index is 0.144. The molecule has 0 fully saturated rings. The van der Waals surface area contributed by atoms with Gasteiger partial charge in [0.1, 0.15) is 11.5 Å². The molecule has 0 saturated heterocycles. The molecule has 4 rings (SSSR count). The number of pyridine rings is 1. The molecule has 186 valence electrons. The Bertz CT molecular complexity index is 1210. The van der Waals surface area contributed by atoms with Gasteiger partial charge in [0.15, 0.2) is 12.2 Å². The third-order valence-corrected chi connectivity index (χ3v) is 5.35. The first kappa shape index (κ1) is 25.9. The van der Waals surface area contributed by atoms with Gasteiger partial charge in [-0.2, -0.15) is 13.2 Å². The van der Waals surface area contributed by atoms with Crippen LogP contribution in [0.25, 0.3) is 10.9 Å². The molecule has 1 aliphatic rings. The molecule has 0 saturated carbocycles. The summed E-state index contributed by atoms with van der Waals surface area (Å²) >= 11 is 6.16. The Labute approximate surface area is 203 Å². The van der Waals surface area contributed by atoms with E-state index in [-0.39, 0.29) is 17.6 Å². The molecule has 1 aromatic carbocycles. The fourth-order valence-corrected chi connectivity index (χ4v) is 3.83. The average Bonchev–Trinajstić information content (AvgIpc) is 3.17. The zero-order valence-corrected chi connectivity index (χ0v) is 19.5. The maximum Gasteiger partial charge on any atom is 0.422 e. The van der Waals surface area contributed by atoms with Gasteiger partial charge < -0.3 is 25.5 Å². The number of carbonyl (C=O) groups is 1. The molecule has 3 aromatic rings. The standard InChI is InChI=1S/C15H15ClF3N3O3.C8H8N2/c1-8-5-11(13(23)24)21-14(16)22(8)9(2)10-3-4-12(20-6-10)25-7-15(17,18)19;9-8-5-6-3-1-2-4-7(6)10-8/h3-6,9,14H,7H2,1-2H3,(H,23,24);1-5,10H,9H2. The maximum atomic E-state index is 12.1. The van der Waals surface area contributed by atoms with Gasteiger partial charge in [0.25, 0.3) is 0 Å². The highest BCUT2D eigenvalue weighted by atomic mass is 35.5. The van der Waals surface area contributed by atoms with Crippen molar-refractivity contribution in [1.29, 1.82) is 0 Å². The van der Waals surface area contributed by atoms with Crippen LogP contribution < -0.4 is 10.5 Å². The summed E-state index contributed by atoms with van der Waals surface area (Å²) in [6, 6.07) is 12.5. The average molecular weight is 510 g/mol. The second-order valence-corrected chi connectivity index (χ2v) is 8.04. The summed E-state index contributed by atoms with van der Waals surface area (Å²) in [4.78, 5) is 23.5. The second-order valence-electron chi connectivity index (χ2n) is 7.64. The molecule has 2 aromatic heterocycles. The van der Waals surface area contributed by atoms with Crippen molar-refractivity contribution >= 4 is 40.0 Å². The van der Waals surface area contributed by atoms with Gasteiger partial charge in [-0.1, -0.05) is 35.9 Å². The van der Waals surface area contributed by atoms with Crippen LogP contribution in [0.2, 0.25) is 0 Å². The Morgan fingerprint density at radius 1 is 1.31 bits per heavy atom. The van der Waals surface area contributed by atoms with E-state index in [0.29, 0.717) is 11.3 Å². The summed E-state index contributed by atoms with van der Waals surface area (Å²) in [5, 5.41) is 10.2. The highest BCUT2D eigenvalue weighted by molar-refractivity contribution is 6.41. The number of nitrogens with zero attached hydrogens (tertiary/aromatic N) is 3. The van der Waals surface area contributed by atoms with E-state index in [0.717, 1.165) is 11.3 Å². The van der Waals surface area contributed by atoms with Crippen LogP contribution in [0, 0.1) is 0 Å². The van der Waals surface area contributed by atoms with Crippen LogP contribution in [-0.2, 0) is 4.79 Å². The lowest BCUT2D eigenvalue weighted by Crippen LogP contribution is -2.36. The topological polar surface area (TPSA) is 117 Å². The zero-order chi connectivity index (χ0) is 25.8. The number of alkyl halides is 4. The Morgan fingerprint density at radius 3 is 2.60 bits per heavy atom. The smallest absolute Gasteiger partial charge is 0.422 e. The first-order chi connectivity index (χ1) is 16.4. The van der Waals surface area contributed by atoms with Gasteiger partial charge in [0, 0.05) is 28.9 Å². The van der Waals surface area contributed by atoms with E-state index in [2.05, 4.69) is 19.7 Å². The molecule has 0 amide bonds. The van der Waals surface area contributed by atoms with Crippen LogP contribution in [-0.4, -0.2) is 50.1 Å². The number of para-hydroxylation sites is 1. The summed E-state index contributed by atoms with van der Waals surface area (Å²) in [7, 11) is 0. The van der Waals surface area contributed by atoms with E-state index in [9.17, 15) is 18.0 Å². The van der Waals surface area contributed by atoms with Gasteiger partial charge in [-0.25, -0.2) is 14.8 Å². The van der Waals surface area contributed by atoms with E-state index >= 15 is 0 Å². The molecule has 3 heterocycles. The molecule has 8 nitrogen and oxygen atoms in total. The van der Waals surface area contributed by atoms with Gasteiger partial charge >= 0.3 is 12.1 Å². The molecule has 0 radical (unpaired) electrons. The number of aromatic nitrogens is 2. The Balaban J connectivity index is 0.000000281. The lowest BCUT2D eigenvalue weighted by Gasteiger charge is -2.36. The largest absolute Gasteiger partial charge is 0.477 e. The maximum absolute atomic E-state index is 12.1. The van der Waals surface area contributed by atoms with Gasteiger partial charge in [-0.3, -0.25) is 0 Å². The number of nitrogens with one attached hydrogen (secondary N) is 1. The number of carboxylic acids is 1. The number of aliphatic imine (C=N–C) groups is 1. The number of hydrogen-bond acceptors (Lipinski definition) is 6. The van der Waals surface area contributed by atoms with Crippen molar-refractivity contribution in [2.24, 2.45) is 4.99 Å². The van der Waals surface area contributed by atoms with Crippen molar-refractivity contribution < 1.29 is 27.8 Å². The first-order valence-corrected chi connectivity index (χ1v) is 10.8. The van der Waals surface area contributed by atoms with Crippen LogP contribution in [0.15, 0.2) is 65.4 Å². The van der Waals surface area contributed by atoms with E-state index in [1.807, 2.05) is 30.3 Å². The molecule has 1 aliphatic heterocycles. The summed E-state index contributed by atoms with van der Waals surface area (Å²) < 4.78 is 41.0. The van der Waals surface area contributed by atoms with Crippen molar-refractivity contribution in [1.82, 2.24) is 14.9 Å². The minimum Gasteiger partial charge on any atom is -0.477 e. The minimum atomic E-state index is -4.44. The Morgan fingerprint density at radius 2 is 2.03 bits per heavy atom.